The SMILES string of the molecule is O=C(O)C(CNc1ccc2ncsc2c1)c1ccccc1. The molecule has 0 aliphatic heterocycles. The second-order valence-corrected chi connectivity index (χ2v) is 5.60. The molecule has 3 rings (SSSR count). The summed E-state index contributed by atoms with van der Waals surface area (Å²) in [5.41, 5.74) is 4.48. The maximum Gasteiger partial charge on any atom is 0.312 e. The Labute approximate surface area is 126 Å². The van der Waals surface area contributed by atoms with Crippen LogP contribution in [0.1, 0.15) is 11.5 Å². The van der Waals surface area contributed by atoms with E-state index < -0.39 is 11.9 Å². The zero-order chi connectivity index (χ0) is 14.7. The van der Waals surface area contributed by atoms with Crippen molar-refractivity contribution in [3.63, 3.8) is 0 Å². The van der Waals surface area contributed by atoms with Crippen LogP contribution in [0.4, 0.5) is 5.69 Å². The normalized spacial score (nSPS) is 12.2. The summed E-state index contributed by atoms with van der Waals surface area (Å²) in [6.07, 6.45) is 0. The van der Waals surface area contributed by atoms with Crippen LogP contribution in [0.2, 0.25) is 0 Å². The fourth-order valence-corrected chi connectivity index (χ4v) is 2.93. The number of carbonyl (C=O) groups is 1. The number of thiazole rings is 1. The van der Waals surface area contributed by atoms with Gasteiger partial charge in [0.05, 0.1) is 21.6 Å². The van der Waals surface area contributed by atoms with Crippen molar-refractivity contribution in [3.8, 4) is 0 Å². The monoisotopic (exact) mass is 298 g/mol. The number of hydrogen-bond donors (Lipinski definition) is 2. The molecule has 1 atom stereocenters. The van der Waals surface area contributed by atoms with E-state index in [9.17, 15) is 9.90 Å². The first kappa shape index (κ1) is 13.6. The van der Waals surface area contributed by atoms with Gasteiger partial charge in [0, 0.05) is 12.2 Å². The molecule has 21 heavy (non-hydrogen) atoms. The Bertz CT molecular complexity index is 755. The number of nitrogens with zero attached hydrogens (tertiary/aromatic N) is 1. The van der Waals surface area contributed by atoms with E-state index in [4.69, 9.17) is 0 Å². The van der Waals surface area contributed by atoms with Gasteiger partial charge in [-0.3, -0.25) is 4.79 Å². The third kappa shape index (κ3) is 3.03. The first-order valence-corrected chi connectivity index (χ1v) is 7.47. The predicted octanol–water partition coefficient (Wildman–Crippen LogP) is 3.58. The number of aromatic nitrogens is 1. The number of carboxylic acid groups (broad SMARTS) is 1. The zero-order valence-electron chi connectivity index (χ0n) is 11.2. The molecule has 1 unspecified atom stereocenters. The highest BCUT2D eigenvalue weighted by Crippen LogP contribution is 2.23. The van der Waals surface area contributed by atoms with Crippen molar-refractivity contribution in [1.29, 1.82) is 0 Å². The molecule has 0 amide bonds. The first-order chi connectivity index (χ1) is 10.2. The van der Waals surface area contributed by atoms with Crippen molar-refractivity contribution < 1.29 is 9.90 Å². The van der Waals surface area contributed by atoms with Gasteiger partial charge in [0.25, 0.3) is 0 Å². The van der Waals surface area contributed by atoms with Crippen molar-refractivity contribution in [1.82, 2.24) is 4.98 Å². The second-order valence-electron chi connectivity index (χ2n) is 4.72. The number of fused-ring (bicyclic) bond motifs is 1. The average molecular weight is 298 g/mol. The molecular weight excluding hydrogens is 284 g/mol. The lowest BCUT2D eigenvalue weighted by Crippen LogP contribution is -2.20. The van der Waals surface area contributed by atoms with Crippen molar-refractivity contribution in [2.75, 3.05) is 11.9 Å². The molecule has 3 aromatic rings. The second kappa shape index (κ2) is 5.93. The van der Waals surface area contributed by atoms with Crippen molar-refractivity contribution in [2.24, 2.45) is 0 Å². The number of rotatable bonds is 5. The fourth-order valence-electron chi connectivity index (χ4n) is 2.22. The molecule has 0 fully saturated rings. The van der Waals surface area contributed by atoms with Crippen LogP contribution in [0.3, 0.4) is 0 Å². The van der Waals surface area contributed by atoms with Crippen LogP contribution >= 0.6 is 11.3 Å². The van der Waals surface area contributed by atoms with Gasteiger partial charge in [-0.1, -0.05) is 30.3 Å². The Kier molecular flexibility index (Phi) is 3.83. The van der Waals surface area contributed by atoms with Gasteiger partial charge in [0.1, 0.15) is 0 Å². The standard InChI is InChI=1S/C16H14N2O2S/c19-16(20)13(11-4-2-1-3-5-11)9-17-12-6-7-14-15(8-12)21-10-18-14/h1-8,10,13,17H,9H2,(H,19,20). The van der Waals surface area contributed by atoms with Crippen LogP contribution in [-0.2, 0) is 4.79 Å². The van der Waals surface area contributed by atoms with E-state index in [0.717, 1.165) is 21.5 Å². The van der Waals surface area contributed by atoms with Gasteiger partial charge < -0.3 is 10.4 Å². The van der Waals surface area contributed by atoms with Crippen LogP contribution in [-0.4, -0.2) is 22.6 Å². The lowest BCUT2D eigenvalue weighted by molar-refractivity contribution is -0.138. The number of hydrogen-bond acceptors (Lipinski definition) is 4. The molecule has 0 spiro atoms. The molecule has 0 bridgehead atoms. The summed E-state index contributed by atoms with van der Waals surface area (Å²) in [6.45, 7) is 0.351. The van der Waals surface area contributed by atoms with Gasteiger partial charge in [0.2, 0.25) is 0 Å². The number of benzene rings is 2. The topological polar surface area (TPSA) is 62.2 Å². The van der Waals surface area contributed by atoms with E-state index in [1.807, 2.05) is 48.5 Å². The molecule has 2 N–H and O–H groups in total. The summed E-state index contributed by atoms with van der Waals surface area (Å²) in [7, 11) is 0. The van der Waals surface area contributed by atoms with Crippen molar-refractivity contribution in [2.45, 2.75) is 5.92 Å². The summed E-state index contributed by atoms with van der Waals surface area (Å²) >= 11 is 1.57. The van der Waals surface area contributed by atoms with E-state index in [2.05, 4.69) is 10.3 Å². The fraction of sp³-hybridized carbons (Fsp3) is 0.125. The highest BCUT2D eigenvalue weighted by Gasteiger charge is 2.19. The minimum Gasteiger partial charge on any atom is -0.481 e. The third-order valence-corrected chi connectivity index (χ3v) is 4.13. The molecule has 5 heteroatoms. The molecule has 2 aromatic carbocycles. The van der Waals surface area contributed by atoms with Crippen LogP contribution < -0.4 is 5.32 Å². The molecule has 0 saturated heterocycles. The number of carboxylic acids is 1. The molecule has 1 aromatic heterocycles. The van der Waals surface area contributed by atoms with Gasteiger partial charge in [-0.2, -0.15) is 0 Å². The highest BCUT2D eigenvalue weighted by molar-refractivity contribution is 7.16. The highest BCUT2D eigenvalue weighted by atomic mass is 32.1. The first-order valence-electron chi connectivity index (χ1n) is 6.59. The Hall–Kier alpha value is -2.40. The third-order valence-electron chi connectivity index (χ3n) is 3.34. The molecule has 0 saturated carbocycles. The number of anilines is 1. The summed E-state index contributed by atoms with van der Waals surface area (Å²) < 4.78 is 1.09. The van der Waals surface area contributed by atoms with E-state index in [1.165, 1.54) is 0 Å². The molecule has 0 radical (unpaired) electrons. The average Bonchev–Trinajstić information content (AvgIpc) is 2.96. The van der Waals surface area contributed by atoms with Gasteiger partial charge >= 0.3 is 5.97 Å². The molecule has 106 valence electrons. The summed E-state index contributed by atoms with van der Waals surface area (Å²) in [6, 6.07) is 15.1. The van der Waals surface area contributed by atoms with Gasteiger partial charge in [0.15, 0.2) is 0 Å². The zero-order valence-corrected chi connectivity index (χ0v) is 12.0. The minimum absolute atomic E-state index is 0.351. The van der Waals surface area contributed by atoms with Crippen LogP contribution in [0.25, 0.3) is 10.2 Å². The number of nitrogens with one attached hydrogen (secondary N) is 1. The largest absolute Gasteiger partial charge is 0.481 e. The van der Waals surface area contributed by atoms with E-state index in [1.54, 1.807) is 16.8 Å². The molecule has 0 aliphatic carbocycles. The van der Waals surface area contributed by atoms with Crippen molar-refractivity contribution in [3.05, 3.63) is 59.6 Å². The van der Waals surface area contributed by atoms with E-state index in [-0.39, 0.29) is 0 Å². The lowest BCUT2D eigenvalue weighted by Gasteiger charge is -2.14. The lowest BCUT2D eigenvalue weighted by atomic mass is 9.99. The van der Waals surface area contributed by atoms with E-state index >= 15 is 0 Å². The molecule has 4 nitrogen and oxygen atoms in total. The van der Waals surface area contributed by atoms with Gasteiger partial charge in [-0.15, -0.1) is 11.3 Å². The summed E-state index contributed by atoms with van der Waals surface area (Å²) in [5, 5.41) is 12.6. The molecular formula is C16H14N2O2S. The quantitative estimate of drug-likeness (QED) is 0.756. The van der Waals surface area contributed by atoms with Gasteiger partial charge in [-0.25, -0.2) is 4.98 Å². The summed E-state index contributed by atoms with van der Waals surface area (Å²) in [5.74, 6) is -1.39. The Morgan fingerprint density at radius 1 is 1.24 bits per heavy atom. The minimum atomic E-state index is -0.826. The van der Waals surface area contributed by atoms with Crippen LogP contribution in [0.15, 0.2) is 54.0 Å². The van der Waals surface area contributed by atoms with Crippen LogP contribution in [0, 0.1) is 0 Å². The van der Waals surface area contributed by atoms with Crippen LogP contribution in [0.5, 0.6) is 0 Å². The van der Waals surface area contributed by atoms with Crippen molar-refractivity contribution >= 4 is 33.2 Å². The van der Waals surface area contributed by atoms with E-state index in [0.29, 0.717) is 6.54 Å². The Morgan fingerprint density at radius 2 is 2.05 bits per heavy atom. The smallest absolute Gasteiger partial charge is 0.312 e. The predicted molar refractivity (Wildman–Crippen MR) is 84.9 cm³/mol. The Morgan fingerprint density at radius 3 is 2.81 bits per heavy atom. The molecule has 0 aliphatic rings. The molecule has 1 heterocycles. The van der Waals surface area contributed by atoms with Gasteiger partial charge in [-0.05, 0) is 23.8 Å². The Balaban J connectivity index is 1.76. The summed E-state index contributed by atoms with van der Waals surface area (Å²) in [4.78, 5) is 15.7. The maximum atomic E-state index is 11.4. The maximum absolute atomic E-state index is 11.4. The number of aliphatic carboxylic acids is 1.